The fourth-order valence-corrected chi connectivity index (χ4v) is 5.36. The SMILES string of the molecule is CNC1CCC(Cc2cc(-c3ccccc3S(C)(=O)=O)ccc2OC)(C(N)=O)CC1.Cl. The number of primary amides is 1. The molecule has 1 saturated carbocycles. The van der Waals surface area contributed by atoms with E-state index in [-0.39, 0.29) is 23.2 Å². The molecule has 0 spiro atoms. The summed E-state index contributed by atoms with van der Waals surface area (Å²) >= 11 is 0. The highest BCUT2D eigenvalue weighted by Crippen LogP contribution is 2.42. The summed E-state index contributed by atoms with van der Waals surface area (Å²) < 4.78 is 30.1. The number of ether oxygens (including phenoxy) is 1. The molecule has 170 valence electrons. The van der Waals surface area contributed by atoms with Crippen LogP contribution in [0.4, 0.5) is 0 Å². The second-order valence-electron chi connectivity index (χ2n) is 8.18. The van der Waals surface area contributed by atoms with E-state index in [2.05, 4.69) is 5.32 Å². The van der Waals surface area contributed by atoms with Crippen molar-refractivity contribution in [3.05, 3.63) is 48.0 Å². The van der Waals surface area contributed by atoms with Gasteiger partial charge >= 0.3 is 0 Å². The van der Waals surface area contributed by atoms with Crippen molar-refractivity contribution >= 4 is 28.2 Å². The molecule has 0 atom stereocenters. The Labute approximate surface area is 190 Å². The maximum atomic E-state index is 12.5. The molecule has 2 aromatic rings. The van der Waals surface area contributed by atoms with Crippen LogP contribution in [-0.2, 0) is 21.1 Å². The Kier molecular flexibility index (Phi) is 8.14. The van der Waals surface area contributed by atoms with E-state index in [1.165, 1.54) is 6.26 Å². The van der Waals surface area contributed by atoms with Crippen LogP contribution in [0.5, 0.6) is 5.75 Å². The lowest BCUT2D eigenvalue weighted by molar-refractivity contribution is -0.129. The Morgan fingerprint density at radius 1 is 1.19 bits per heavy atom. The zero-order valence-corrected chi connectivity index (χ0v) is 19.8. The number of nitrogens with two attached hydrogens (primary N) is 1. The van der Waals surface area contributed by atoms with Gasteiger partial charge in [-0.05, 0) is 68.5 Å². The summed E-state index contributed by atoms with van der Waals surface area (Å²) in [5.74, 6) is 0.382. The predicted octanol–water partition coefficient (Wildman–Crippen LogP) is 3.36. The molecule has 6 nitrogen and oxygen atoms in total. The molecule has 1 aliphatic rings. The van der Waals surface area contributed by atoms with E-state index in [0.29, 0.717) is 36.6 Å². The van der Waals surface area contributed by atoms with Gasteiger partial charge in [-0.25, -0.2) is 8.42 Å². The highest BCUT2D eigenvalue weighted by Gasteiger charge is 2.40. The van der Waals surface area contributed by atoms with Crippen LogP contribution in [0.2, 0.25) is 0 Å². The molecular formula is C23H31ClN2O4S. The molecule has 31 heavy (non-hydrogen) atoms. The molecule has 8 heteroatoms. The number of hydrogen-bond donors (Lipinski definition) is 2. The number of rotatable bonds is 7. The lowest BCUT2D eigenvalue weighted by Crippen LogP contribution is -2.45. The average molecular weight is 467 g/mol. The quantitative estimate of drug-likeness (QED) is 0.651. The molecule has 0 radical (unpaired) electrons. The fraction of sp³-hybridized carbons (Fsp3) is 0.435. The summed E-state index contributed by atoms with van der Waals surface area (Å²) in [5.41, 5.74) is 7.52. The van der Waals surface area contributed by atoms with Crippen molar-refractivity contribution in [3.8, 4) is 16.9 Å². The van der Waals surface area contributed by atoms with Crippen LogP contribution >= 0.6 is 12.4 Å². The number of carbonyl (C=O) groups is 1. The first-order valence-electron chi connectivity index (χ1n) is 10.1. The molecule has 3 rings (SSSR count). The molecule has 0 heterocycles. The second-order valence-corrected chi connectivity index (χ2v) is 10.2. The van der Waals surface area contributed by atoms with Crippen molar-refractivity contribution in [1.29, 1.82) is 0 Å². The molecule has 2 aromatic carbocycles. The second kappa shape index (κ2) is 10.0. The minimum absolute atomic E-state index is 0. The van der Waals surface area contributed by atoms with Gasteiger partial charge in [0.25, 0.3) is 0 Å². The molecule has 0 bridgehead atoms. The van der Waals surface area contributed by atoms with Crippen molar-refractivity contribution < 1.29 is 17.9 Å². The minimum Gasteiger partial charge on any atom is -0.496 e. The molecule has 3 N–H and O–H groups in total. The lowest BCUT2D eigenvalue weighted by Gasteiger charge is -2.38. The maximum Gasteiger partial charge on any atom is 0.223 e. The highest BCUT2D eigenvalue weighted by molar-refractivity contribution is 7.90. The van der Waals surface area contributed by atoms with E-state index in [9.17, 15) is 13.2 Å². The topological polar surface area (TPSA) is 98.5 Å². The van der Waals surface area contributed by atoms with Crippen LogP contribution in [0, 0.1) is 5.41 Å². The van der Waals surface area contributed by atoms with Crippen LogP contribution in [0.3, 0.4) is 0 Å². The monoisotopic (exact) mass is 466 g/mol. The van der Waals surface area contributed by atoms with Crippen molar-refractivity contribution in [2.24, 2.45) is 11.1 Å². The smallest absolute Gasteiger partial charge is 0.223 e. The minimum atomic E-state index is -3.38. The number of halogens is 1. The summed E-state index contributed by atoms with van der Waals surface area (Å²) in [6.45, 7) is 0. The van der Waals surface area contributed by atoms with Gasteiger partial charge in [0.1, 0.15) is 5.75 Å². The number of amides is 1. The fourth-order valence-electron chi connectivity index (χ4n) is 4.45. The molecule has 1 fully saturated rings. The first-order chi connectivity index (χ1) is 14.2. The first-order valence-corrected chi connectivity index (χ1v) is 12.0. The van der Waals surface area contributed by atoms with Crippen LogP contribution in [0.15, 0.2) is 47.4 Å². The molecule has 0 saturated heterocycles. The third-order valence-corrected chi connectivity index (χ3v) is 7.44. The van der Waals surface area contributed by atoms with Gasteiger partial charge in [-0.1, -0.05) is 24.3 Å². The molecule has 0 unspecified atom stereocenters. The molecular weight excluding hydrogens is 436 g/mol. The summed E-state index contributed by atoms with van der Waals surface area (Å²) in [4.78, 5) is 12.8. The number of methoxy groups -OCH3 is 1. The molecule has 0 aliphatic heterocycles. The Balaban J connectivity index is 0.00000341. The Bertz CT molecular complexity index is 1030. The predicted molar refractivity (Wildman–Crippen MR) is 125 cm³/mol. The van der Waals surface area contributed by atoms with Crippen LogP contribution in [0.25, 0.3) is 11.1 Å². The summed E-state index contributed by atoms with van der Waals surface area (Å²) in [6.07, 6.45) is 4.87. The number of hydrogen-bond acceptors (Lipinski definition) is 5. The number of carbonyl (C=O) groups excluding carboxylic acids is 1. The van der Waals surface area contributed by atoms with Gasteiger partial charge in [-0.3, -0.25) is 4.79 Å². The number of benzene rings is 2. The largest absolute Gasteiger partial charge is 0.496 e. The first kappa shape index (κ1) is 25.2. The van der Waals surface area contributed by atoms with Gasteiger partial charge in [0.2, 0.25) is 5.91 Å². The third kappa shape index (κ3) is 5.40. The van der Waals surface area contributed by atoms with E-state index in [0.717, 1.165) is 24.0 Å². The Hall–Kier alpha value is -2.09. The average Bonchev–Trinajstić information content (AvgIpc) is 2.73. The lowest BCUT2D eigenvalue weighted by atomic mass is 9.68. The van der Waals surface area contributed by atoms with Gasteiger partial charge in [0, 0.05) is 17.9 Å². The van der Waals surface area contributed by atoms with E-state index in [1.54, 1.807) is 25.3 Å². The maximum absolute atomic E-state index is 12.5. The highest BCUT2D eigenvalue weighted by atomic mass is 35.5. The van der Waals surface area contributed by atoms with Gasteiger partial charge in [0.15, 0.2) is 9.84 Å². The zero-order chi connectivity index (χ0) is 21.9. The number of nitrogens with one attached hydrogen (secondary N) is 1. The Morgan fingerprint density at radius 2 is 1.84 bits per heavy atom. The van der Waals surface area contributed by atoms with Gasteiger partial charge < -0.3 is 15.8 Å². The van der Waals surface area contributed by atoms with Crippen molar-refractivity contribution in [3.63, 3.8) is 0 Å². The standard InChI is InChI=1S/C23H30N2O4S.ClH/c1-25-18-10-12-23(13-11-18,22(24)26)15-17-14-16(8-9-20(17)29-2)19-6-4-5-7-21(19)30(3,27)28;/h4-9,14,18,25H,10-13,15H2,1-3H3,(H2,24,26);1H. The summed E-state index contributed by atoms with van der Waals surface area (Å²) in [5, 5.41) is 3.28. The number of sulfone groups is 1. The Morgan fingerprint density at radius 3 is 2.39 bits per heavy atom. The third-order valence-electron chi connectivity index (χ3n) is 6.28. The summed E-state index contributed by atoms with van der Waals surface area (Å²) in [6, 6.07) is 12.9. The normalized spacial score (nSPS) is 21.2. The molecule has 1 amide bonds. The molecule has 0 aromatic heterocycles. The van der Waals surface area contributed by atoms with Crippen molar-refractivity contribution in [1.82, 2.24) is 5.32 Å². The van der Waals surface area contributed by atoms with Gasteiger partial charge in [-0.2, -0.15) is 0 Å². The molecule has 1 aliphatic carbocycles. The van der Waals surface area contributed by atoms with Crippen LogP contribution in [0.1, 0.15) is 31.2 Å². The van der Waals surface area contributed by atoms with E-state index >= 15 is 0 Å². The van der Waals surface area contributed by atoms with Crippen LogP contribution in [-0.4, -0.2) is 40.8 Å². The van der Waals surface area contributed by atoms with Gasteiger partial charge in [-0.15, -0.1) is 12.4 Å². The van der Waals surface area contributed by atoms with Crippen molar-refractivity contribution in [2.75, 3.05) is 20.4 Å². The zero-order valence-electron chi connectivity index (χ0n) is 18.2. The van der Waals surface area contributed by atoms with Crippen LogP contribution < -0.4 is 15.8 Å². The van der Waals surface area contributed by atoms with E-state index in [1.807, 2.05) is 31.3 Å². The summed E-state index contributed by atoms with van der Waals surface area (Å²) in [7, 11) is 0.149. The van der Waals surface area contributed by atoms with Crippen molar-refractivity contribution in [2.45, 2.75) is 43.0 Å². The van der Waals surface area contributed by atoms with E-state index < -0.39 is 15.3 Å². The van der Waals surface area contributed by atoms with Gasteiger partial charge in [0.05, 0.1) is 17.4 Å². The van der Waals surface area contributed by atoms with E-state index in [4.69, 9.17) is 10.5 Å².